The van der Waals surface area contributed by atoms with E-state index in [1.807, 2.05) is 6.92 Å². The molecule has 1 rings (SSSR count). The molecule has 0 heterocycles. The van der Waals surface area contributed by atoms with E-state index in [0.717, 1.165) is 11.1 Å². The van der Waals surface area contributed by atoms with Gasteiger partial charge in [-0.15, -0.1) is 0 Å². The number of anilines is 1. The van der Waals surface area contributed by atoms with Crippen molar-refractivity contribution in [2.75, 3.05) is 5.73 Å². The molecule has 0 saturated carbocycles. The second-order valence-corrected chi connectivity index (χ2v) is 2.69. The first-order valence-electron chi connectivity index (χ1n) is 3.60. The monoisotopic (exact) mass is 158 g/mol. The van der Waals surface area contributed by atoms with Crippen molar-refractivity contribution < 1.29 is 0 Å². The second-order valence-electron chi connectivity index (χ2n) is 2.69. The minimum Gasteiger partial charge on any atom is -0.398 e. The highest BCUT2D eigenvalue weighted by molar-refractivity contribution is 5.73. The lowest BCUT2D eigenvalue weighted by molar-refractivity contribution is 1.47. The van der Waals surface area contributed by atoms with Crippen molar-refractivity contribution in [3.8, 4) is 6.07 Å². The maximum atomic E-state index is 8.61. The Labute approximate surface area is 71.9 Å². The van der Waals surface area contributed by atoms with E-state index in [1.54, 1.807) is 18.2 Å². The second kappa shape index (κ2) is 3.10. The SMILES string of the molecule is C=C(C)c1cc(C#N)ccc1N. The van der Waals surface area contributed by atoms with Crippen molar-refractivity contribution in [3.63, 3.8) is 0 Å². The van der Waals surface area contributed by atoms with Crippen LogP contribution < -0.4 is 5.73 Å². The van der Waals surface area contributed by atoms with Gasteiger partial charge in [-0.05, 0) is 30.7 Å². The van der Waals surface area contributed by atoms with E-state index < -0.39 is 0 Å². The van der Waals surface area contributed by atoms with E-state index in [-0.39, 0.29) is 0 Å². The molecule has 12 heavy (non-hydrogen) atoms. The average Bonchev–Trinajstić information content (AvgIpc) is 2.05. The van der Waals surface area contributed by atoms with E-state index >= 15 is 0 Å². The Hall–Kier alpha value is -1.75. The summed E-state index contributed by atoms with van der Waals surface area (Å²) in [6.07, 6.45) is 0. The lowest BCUT2D eigenvalue weighted by atomic mass is 10.0. The molecule has 0 atom stereocenters. The van der Waals surface area contributed by atoms with Crippen LogP contribution in [0.1, 0.15) is 18.1 Å². The molecule has 2 nitrogen and oxygen atoms in total. The molecule has 0 aliphatic heterocycles. The molecule has 60 valence electrons. The maximum Gasteiger partial charge on any atom is 0.0991 e. The standard InChI is InChI=1S/C10H10N2/c1-7(2)9-5-8(6-11)3-4-10(9)12/h3-5H,1,12H2,2H3. The fraction of sp³-hybridized carbons (Fsp3) is 0.100. The van der Waals surface area contributed by atoms with Crippen molar-refractivity contribution in [2.24, 2.45) is 0 Å². The van der Waals surface area contributed by atoms with Gasteiger partial charge in [0, 0.05) is 11.3 Å². The third-order valence-corrected chi connectivity index (χ3v) is 1.64. The van der Waals surface area contributed by atoms with Crippen molar-refractivity contribution in [2.45, 2.75) is 6.92 Å². The largest absolute Gasteiger partial charge is 0.398 e. The number of nitriles is 1. The first-order valence-corrected chi connectivity index (χ1v) is 3.60. The molecule has 0 saturated heterocycles. The van der Waals surface area contributed by atoms with Crippen molar-refractivity contribution in [1.29, 1.82) is 5.26 Å². The molecule has 0 aliphatic carbocycles. The minimum absolute atomic E-state index is 0.613. The number of hydrogen-bond acceptors (Lipinski definition) is 2. The molecule has 0 fully saturated rings. The molecule has 0 amide bonds. The highest BCUT2D eigenvalue weighted by atomic mass is 14.6. The summed E-state index contributed by atoms with van der Waals surface area (Å²) in [5.74, 6) is 0. The Bertz CT molecular complexity index is 359. The van der Waals surface area contributed by atoms with Crippen LogP contribution in [-0.4, -0.2) is 0 Å². The Morgan fingerprint density at radius 3 is 2.75 bits per heavy atom. The smallest absolute Gasteiger partial charge is 0.0991 e. The fourth-order valence-electron chi connectivity index (χ4n) is 0.995. The van der Waals surface area contributed by atoms with Crippen molar-refractivity contribution in [1.82, 2.24) is 0 Å². The van der Waals surface area contributed by atoms with Crippen LogP contribution in [0.5, 0.6) is 0 Å². The van der Waals surface area contributed by atoms with Gasteiger partial charge in [0.1, 0.15) is 0 Å². The Kier molecular flexibility index (Phi) is 2.16. The van der Waals surface area contributed by atoms with Crippen LogP contribution in [0, 0.1) is 11.3 Å². The quantitative estimate of drug-likeness (QED) is 0.637. The van der Waals surface area contributed by atoms with Crippen LogP contribution >= 0.6 is 0 Å². The molecule has 0 bridgehead atoms. The summed E-state index contributed by atoms with van der Waals surface area (Å²) in [4.78, 5) is 0. The lowest BCUT2D eigenvalue weighted by Gasteiger charge is -2.03. The van der Waals surface area contributed by atoms with Gasteiger partial charge in [-0.3, -0.25) is 0 Å². The van der Waals surface area contributed by atoms with Gasteiger partial charge < -0.3 is 5.73 Å². The Morgan fingerprint density at radius 2 is 2.25 bits per heavy atom. The molecule has 0 aliphatic rings. The van der Waals surface area contributed by atoms with Gasteiger partial charge in [0.05, 0.1) is 11.6 Å². The summed E-state index contributed by atoms with van der Waals surface area (Å²) in [5.41, 5.74) is 8.69. The molecule has 0 spiro atoms. The third-order valence-electron chi connectivity index (χ3n) is 1.64. The zero-order chi connectivity index (χ0) is 9.14. The first kappa shape index (κ1) is 8.35. The molecule has 0 radical (unpaired) electrons. The molecular formula is C10H10N2. The lowest BCUT2D eigenvalue weighted by Crippen LogP contribution is -1.92. The summed E-state index contributed by atoms with van der Waals surface area (Å²) in [6.45, 7) is 5.64. The molecule has 0 aromatic heterocycles. The molecule has 0 unspecified atom stereocenters. The average molecular weight is 158 g/mol. The number of nitrogens with two attached hydrogens (primary N) is 1. The van der Waals surface area contributed by atoms with Crippen LogP contribution in [-0.2, 0) is 0 Å². The van der Waals surface area contributed by atoms with E-state index in [2.05, 4.69) is 12.6 Å². The molecular weight excluding hydrogens is 148 g/mol. The highest BCUT2D eigenvalue weighted by Gasteiger charge is 2.00. The van der Waals surface area contributed by atoms with Crippen LogP contribution in [0.3, 0.4) is 0 Å². The first-order chi connectivity index (χ1) is 5.65. The normalized spacial score (nSPS) is 9.00. The van der Waals surface area contributed by atoms with Crippen LogP contribution in [0.25, 0.3) is 5.57 Å². The number of nitrogen functional groups attached to an aromatic ring is 1. The molecule has 1 aromatic carbocycles. The van der Waals surface area contributed by atoms with Gasteiger partial charge in [-0.1, -0.05) is 6.58 Å². The summed E-state index contributed by atoms with van der Waals surface area (Å²) in [6, 6.07) is 7.22. The number of benzene rings is 1. The summed E-state index contributed by atoms with van der Waals surface area (Å²) < 4.78 is 0. The predicted molar refractivity (Wildman–Crippen MR) is 50.3 cm³/mol. The highest BCUT2D eigenvalue weighted by Crippen LogP contribution is 2.20. The van der Waals surface area contributed by atoms with Gasteiger partial charge >= 0.3 is 0 Å². The summed E-state index contributed by atoms with van der Waals surface area (Å²) in [5, 5.41) is 8.61. The van der Waals surface area contributed by atoms with Gasteiger partial charge in [0.25, 0.3) is 0 Å². The van der Waals surface area contributed by atoms with Gasteiger partial charge in [0.2, 0.25) is 0 Å². The number of allylic oxidation sites excluding steroid dienone is 1. The van der Waals surface area contributed by atoms with Crippen LogP contribution in [0.4, 0.5) is 5.69 Å². The number of hydrogen-bond donors (Lipinski definition) is 1. The summed E-state index contributed by atoms with van der Waals surface area (Å²) in [7, 11) is 0. The van der Waals surface area contributed by atoms with Gasteiger partial charge in [-0.2, -0.15) is 5.26 Å². The van der Waals surface area contributed by atoms with Crippen molar-refractivity contribution >= 4 is 11.3 Å². The van der Waals surface area contributed by atoms with E-state index in [0.29, 0.717) is 11.3 Å². The van der Waals surface area contributed by atoms with E-state index in [1.165, 1.54) is 0 Å². The Balaban J connectivity index is 3.28. The zero-order valence-electron chi connectivity index (χ0n) is 6.96. The third kappa shape index (κ3) is 1.46. The Morgan fingerprint density at radius 1 is 1.58 bits per heavy atom. The van der Waals surface area contributed by atoms with E-state index in [9.17, 15) is 0 Å². The van der Waals surface area contributed by atoms with E-state index in [4.69, 9.17) is 11.0 Å². The number of nitrogens with zero attached hydrogens (tertiary/aromatic N) is 1. The van der Waals surface area contributed by atoms with Gasteiger partial charge in [-0.25, -0.2) is 0 Å². The molecule has 2 N–H and O–H groups in total. The fourth-order valence-corrected chi connectivity index (χ4v) is 0.995. The van der Waals surface area contributed by atoms with Crippen LogP contribution in [0.2, 0.25) is 0 Å². The maximum absolute atomic E-state index is 8.61. The predicted octanol–water partition coefficient (Wildman–Crippen LogP) is 2.17. The summed E-state index contributed by atoms with van der Waals surface area (Å²) >= 11 is 0. The van der Waals surface area contributed by atoms with Crippen LogP contribution in [0.15, 0.2) is 24.8 Å². The van der Waals surface area contributed by atoms with Gasteiger partial charge in [0.15, 0.2) is 0 Å². The zero-order valence-corrected chi connectivity index (χ0v) is 6.96. The molecule has 1 aromatic rings. The van der Waals surface area contributed by atoms with Crippen molar-refractivity contribution in [3.05, 3.63) is 35.9 Å². The minimum atomic E-state index is 0.613. The number of rotatable bonds is 1. The molecule has 2 heteroatoms. The topological polar surface area (TPSA) is 49.8 Å².